The molecule has 192 valence electrons. The van der Waals surface area contributed by atoms with Gasteiger partial charge in [0.25, 0.3) is 5.69 Å². The second kappa shape index (κ2) is 10.8. The number of halogens is 4. The van der Waals surface area contributed by atoms with E-state index in [1.54, 1.807) is 6.07 Å². The van der Waals surface area contributed by atoms with Crippen LogP contribution in [0.1, 0.15) is 36.8 Å². The van der Waals surface area contributed by atoms with Gasteiger partial charge in [0, 0.05) is 31.5 Å². The lowest BCUT2D eigenvalue weighted by molar-refractivity contribution is -0.384. The van der Waals surface area contributed by atoms with Crippen LogP contribution in [0.15, 0.2) is 41.3 Å². The zero-order valence-electron chi connectivity index (χ0n) is 18.8. The summed E-state index contributed by atoms with van der Waals surface area (Å²) in [6, 6.07) is 8.24. The number of nitro benzene ring substituents is 1. The van der Waals surface area contributed by atoms with Crippen LogP contribution in [-0.4, -0.2) is 32.4 Å². The molecule has 0 aliphatic heterocycles. The number of anilines is 1. The molecule has 1 aliphatic rings. The van der Waals surface area contributed by atoms with Crippen LogP contribution in [0.4, 0.5) is 28.9 Å². The second-order valence-electron chi connectivity index (χ2n) is 8.37. The van der Waals surface area contributed by atoms with Crippen molar-refractivity contribution in [2.75, 3.05) is 11.9 Å². The highest BCUT2D eigenvalue weighted by atomic mass is 32.2. The molecule has 0 radical (unpaired) electrons. The minimum Gasteiger partial charge on any atom is -0.435 e. The van der Waals surface area contributed by atoms with E-state index < -0.39 is 33.2 Å². The predicted octanol–water partition coefficient (Wildman–Crippen LogP) is 5.22. The van der Waals surface area contributed by atoms with Gasteiger partial charge in [-0.25, -0.2) is 21.9 Å². The Hall–Kier alpha value is -2.93. The van der Waals surface area contributed by atoms with Crippen molar-refractivity contribution in [1.82, 2.24) is 4.72 Å². The van der Waals surface area contributed by atoms with E-state index in [2.05, 4.69) is 14.8 Å². The maximum absolute atomic E-state index is 13.3. The number of hydrogen-bond donors (Lipinski definition) is 2. The summed E-state index contributed by atoms with van der Waals surface area (Å²) in [6.45, 7) is -1.74. The van der Waals surface area contributed by atoms with Gasteiger partial charge in [-0.2, -0.15) is 8.78 Å². The number of benzene rings is 2. The molecular formula is C22H25F4N3O5S. The molecule has 3 rings (SSSR count). The SMILES string of the molecule is Cc1c(S(=O)(=O)NCCC2CCC(F)(F)C2)ccc(NCc2cccc(OC(F)F)c2)c1[N+](=O)[O-]. The Balaban J connectivity index is 1.72. The number of nitrogens with one attached hydrogen (secondary N) is 2. The third kappa shape index (κ3) is 7.04. The molecule has 35 heavy (non-hydrogen) atoms. The van der Waals surface area contributed by atoms with Crippen molar-refractivity contribution >= 4 is 21.4 Å². The summed E-state index contributed by atoms with van der Waals surface area (Å²) in [5.41, 5.74) is -0.0104. The fourth-order valence-corrected chi connectivity index (χ4v) is 5.43. The molecule has 2 aromatic carbocycles. The van der Waals surface area contributed by atoms with Gasteiger partial charge in [0.1, 0.15) is 11.4 Å². The van der Waals surface area contributed by atoms with Gasteiger partial charge in [0.05, 0.1) is 9.82 Å². The lowest BCUT2D eigenvalue weighted by Crippen LogP contribution is -2.27. The molecule has 1 atom stereocenters. The zero-order chi connectivity index (χ0) is 25.8. The Labute approximate surface area is 199 Å². The van der Waals surface area contributed by atoms with E-state index in [1.165, 1.54) is 37.3 Å². The minimum atomic E-state index is -4.13. The van der Waals surface area contributed by atoms with E-state index >= 15 is 0 Å². The standard InChI is InChI=1S/C22H25F4N3O5S/c1-14-19(35(32,33)28-10-8-15-7-9-22(25,26)12-15)6-5-18(20(14)29(30)31)27-13-16-3-2-4-17(11-16)34-21(23)24/h2-6,11,15,21,27-28H,7-10,12-13H2,1H3. The summed E-state index contributed by atoms with van der Waals surface area (Å²) in [4.78, 5) is 10.7. The van der Waals surface area contributed by atoms with Crippen molar-refractivity contribution in [2.45, 2.75) is 56.6 Å². The fourth-order valence-electron chi connectivity index (χ4n) is 4.14. The molecule has 1 saturated carbocycles. The van der Waals surface area contributed by atoms with Gasteiger partial charge < -0.3 is 10.1 Å². The Morgan fingerprint density at radius 1 is 1.26 bits per heavy atom. The van der Waals surface area contributed by atoms with Crippen LogP contribution < -0.4 is 14.8 Å². The largest absolute Gasteiger partial charge is 0.435 e. The van der Waals surface area contributed by atoms with Crippen molar-refractivity contribution in [3.05, 3.63) is 57.6 Å². The summed E-state index contributed by atoms with van der Waals surface area (Å²) < 4.78 is 83.7. The lowest BCUT2D eigenvalue weighted by atomic mass is 10.0. The summed E-state index contributed by atoms with van der Waals surface area (Å²) in [5.74, 6) is -3.08. The molecule has 1 aliphatic carbocycles. The Kier molecular flexibility index (Phi) is 8.21. The van der Waals surface area contributed by atoms with Crippen molar-refractivity contribution < 1.29 is 35.6 Å². The fraction of sp³-hybridized carbons (Fsp3) is 0.455. The first-order chi connectivity index (χ1) is 16.4. The lowest BCUT2D eigenvalue weighted by Gasteiger charge is -2.15. The molecule has 0 amide bonds. The predicted molar refractivity (Wildman–Crippen MR) is 120 cm³/mol. The Morgan fingerprint density at radius 3 is 2.63 bits per heavy atom. The number of hydrogen-bond acceptors (Lipinski definition) is 6. The van der Waals surface area contributed by atoms with E-state index in [4.69, 9.17) is 0 Å². The van der Waals surface area contributed by atoms with Crippen LogP contribution in [0, 0.1) is 23.0 Å². The molecule has 0 heterocycles. The van der Waals surface area contributed by atoms with E-state index in [0.29, 0.717) is 12.0 Å². The zero-order valence-corrected chi connectivity index (χ0v) is 19.6. The molecule has 0 aromatic heterocycles. The third-order valence-corrected chi connectivity index (χ3v) is 7.42. The normalized spacial score (nSPS) is 17.5. The van der Waals surface area contributed by atoms with E-state index in [0.717, 1.165) is 0 Å². The van der Waals surface area contributed by atoms with Crippen LogP contribution in [0.25, 0.3) is 0 Å². The first-order valence-electron chi connectivity index (χ1n) is 10.8. The molecule has 0 saturated heterocycles. The van der Waals surface area contributed by atoms with E-state index in [1.807, 2.05) is 0 Å². The molecule has 0 spiro atoms. The number of ether oxygens (including phenoxy) is 1. The first-order valence-corrected chi connectivity index (χ1v) is 12.3. The van der Waals surface area contributed by atoms with Gasteiger partial charge >= 0.3 is 6.61 Å². The smallest absolute Gasteiger partial charge is 0.387 e. The van der Waals surface area contributed by atoms with E-state index in [9.17, 15) is 36.1 Å². The Bertz CT molecular complexity index is 1180. The average molecular weight is 520 g/mol. The van der Waals surface area contributed by atoms with Crippen LogP contribution in [0.5, 0.6) is 5.75 Å². The number of sulfonamides is 1. The van der Waals surface area contributed by atoms with Crippen LogP contribution in [0.2, 0.25) is 0 Å². The van der Waals surface area contributed by atoms with Crippen molar-refractivity contribution in [3.63, 3.8) is 0 Å². The molecule has 2 N–H and O–H groups in total. The maximum atomic E-state index is 13.3. The highest BCUT2D eigenvalue weighted by Gasteiger charge is 2.39. The van der Waals surface area contributed by atoms with Gasteiger partial charge in [0.2, 0.25) is 15.9 Å². The highest BCUT2D eigenvalue weighted by molar-refractivity contribution is 7.89. The molecule has 8 nitrogen and oxygen atoms in total. The third-order valence-electron chi connectivity index (χ3n) is 5.81. The van der Waals surface area contributed by atoms with Gasteiger partial charge in [0.15, 0.2) is 0 Å². The molecule has 1 fully saturated rings. The van der Waals surface area contributed by atoms with Crippen LogP contribution in [-0.2, 0) is 16.6 Å². The van der Waals surface area contributed by atoms with Crippen LogP contribution in [0.3, 0.4) is 0 Å². The summed E-state index contributed by atoms with van der Waals surface area (Å²) in [5, 5.41) is 14.6. The summed E-state index contributed by atoms with van der Waals surface area (Å²) in [6.07, 6.45) is 0.0607. The average Bonchev–Trinajstić information content (AvgIpc) is 3.09. The van der Waals surface area contributed by atoms with Crippen LogP contribution >= 0.6 is 0 Å². The molecule has 13 heteroatoms. The molecular weight excluding hydrogens is 494 g/mol. The number of rotatable bonds is 11. The van der Waals surface area contributed by atoms with Gasteiger partial charge in [-0.1, -0.05) is 12.1 Å². The quantitative estimate of drug-likeness (QED) is 0.239. The number of nitro groups is 1. The highest BCUT2D eigenvalue weighted by Crippen LogP contribution is 2.40. The molecule has 1 unspecified atom stereocenters. The van der Waals surface area contributed by atoms with Gasteiger partial charge in [-0.05, 0) is 55.5 Å². The van der Waals surface area contributed by atoms with Crippen molar-refractivity contribution in [1.29, 1.82) is 0 Å². The first kappa shape index (κ1) is 26.7. The van der Waals surface area contributed by atoms with Crippen molar-refractivity contribution in [3.8, 4) is 5.75 Å². The molecule has 0 bridgehead atoms. The number of alkyl halides is 4. The van der Waals surface area contributed by atoms with Gasteiger partial charge in [-0.15, -0.1) is 0 Å². The monoisotopic (exact) mass is 519 g/mol. The topological polar surface area (TPSA) is 111 Å². The Morgan fingerprint density at radius 2 is 2.00 bits per heavy atom. The minimum absolute atomic E-state index is 0.0249. The summed E-state index contributed by atoms with van der Waals surface area (Å²) >= 11 is 0. The summed E-state index contributed by atoms with van der Waals surface area (Å²) in [7, 11) is -4.13. The number of nitrogens with zero attached hydrogens (tertiary/aromatic N) is 1. The van der Waals surface area contributed by atoms with Gasteiger partial charge in [-0.3, -0.25) is 10.1 Å². The molecule has 2 aromatic rings. The second-order valence-corrected chi connectivity index (χ2v) is 10.1. The van der Waals surface area contributed by atoms with E-state index in [-0.39, 0.29) is 60.2 Å². The van der Waals surface area contributed by atoms with Crippen molar-refractivity contribution in [2.24, 2.45) is 5.92 Å². The maximum Gasteiger partial charge on any atom is 0.387 e.